The first-order valence-corrected chi connectivity index (χ1v) is 5.78. The topological polar surface area (TPSA) is 97.8 Å². The van der Waals surface area contributed by atoms with Crippen LogP contribution in [-0.4, -0.2) is 15.9 Å². The summed E-state index contributed by atoms with van der Waals surface area (Å²) in [5.41, 5.74) is 14.2. The minimum atomic E-state index is -0.451. The molecule has 0 spiro atoms. The molecule has 0 saturated carbocycles. The van der Waals surface area contributed by atoms with Crippen LogP contribution in [0.25, 0.3) is 22.0 Å². The van der Waals surface area contributed by atoms with Gasteiger partial charge in [-0.2, -0.15) is 0 Å². The molecular formula is C14H12N4O. The molecule has 0 aliphatic carbocycles. The van der Waals surface area contributed by atoms with Crippen molar-refractivity contribution >= 4 is 22.6 Å². The van der Waals surface area contributed by atoms with Gasteiger partial charge in [-0.1, -0.05) is 6.07 Å². The summed E-state index contributed by atoms with van der Waals surface area (Å²) < 4.78 is 0. The fourth-order valence-corrected chi connectivity index (χ4v) is 2.23. The molecule has 94 valence electrons. The minimum absolute atomic E-state index is 0.451. The van der Waals surface area contributed by atoms with Gasteiger partial charge in [0.1, 0.15) is 5.82 Å². The van der Waals surface area contributed by atoms with E-state index in [9.17, 15) is 4.79 Å². The Morgan fingerprint density at radius 3 is 2.79 bits per heavy atom. The quantitative estimate of drug-likeness (QED) is 0.649. The zero-order chi connectivity index (χ0) is 13.4. The number of benzene rings is 1. The van der Waals surface area contributed by atoms with Crippen LogP contribution in [0.1, 0.15) is 10.4 Å². The Balaban J connectivity index is 2.29. The van der Waals surface area contributed by atoms with Crippen molar-refractivity contribution in [1.29, 1.82) is 0 Å². The van der Waals surface area contributed by atoms with Crippen LogP contribution in [-0.2, 0) is 0 Å². The highest BCUT2D eigenvalue weighted by Gasteiger charge is 2.12. The number of aromatic amines is 1. The SMILES string of the molecule is NC(=O)c1ccc(-c2ccnc(N)c2)c2cc[nH]c12. The van der Waals surface area contributed by atoms with Crippen LogP contribution in [0.3, 0.4) is 0 Å². The van der Waals surface area contributed by atoms with Crippen molar-refractivity contribution in [3.8, 4) is 11.1 Å². The van der Waals surface area contributed by atoms with E-state index < -0.39 is 5.91 Å². The highest BCUT2D eigenvalue weighted by Crippen LogP contribution is 2.30. The van der Waals surface area contributed by atoms with Crippen LogP contribution in [0.2, 0.25) is 0 Å². The van der Waals surface area contributed by atoms with E-state index >= 15 is 0 Å². The first-order chi connectivity index (χ1) is 9.16. The third kappa shape index (κ3) is 1.81. The molecule has 19 heavy (non-hydrogen) atoms. The zero-order valence-electron chi connectivity index (χ0n) is 10.1. The number of fused-ring (bicyclic) bond motifs is 1. The summed E-state index contributed by atoms with van der Waals surface area (Å²) in [4.78, 5) is 18.4. The number of H-pyrrole nitrogens is 1. The summed E-state index contributed by atoms with van der Waals surface area (Å²) >= 11 is 0. The first-order valence-electron chi connectivity index (χ1n) is 5.78. The molecule has 0 aliphatic rings. The van der Waals surface area contributed by atoms with Crippen LogP contribution in [0.15, 0.2) is 42.7 Å². The number of amides is 1. The molecule has 1 amide bonds. The van der Waals surface area contributed by atoms with Crippen molar-refractivity contribution < 1.29 is 4.79 Å². The molecule has 5 nitrogen and oxygen atoms in total. The number of primary amides is 1. The second-order valence-electron chi connectivity index (χ2n) is 4.26. The van der Waals surface area contributed by atoms with Gasteiger partial charge in [0.25, 0.3) is 5.91 Å². The average Bonchev–Trinajstić information content (AvgIpc) is 2.86. The Morgan fingerprint density at radius 1 is 1.21 bits per heavy atom. The molecule has 0 bridgehead atoms. The van der Waals surface area contributed by atoms with E-state index in [4.69, 9.17) is 11.5 Å². The molecule has 0 saturated heterocycles. The van der Waals surface area contributed by atoms with Crippen molar-refractivity contribution in [2.45, 2.75) is 0 Å². The van der Waals surface area contributed by atoms with Crippen LogP contribution >= 0.6 is 0 Å². The molecule has 5 heteroatoms. The van der Waals surface area contributed by atoms with Gasteiger partial charge in [-0.3, -0.25) is 4.79 Å². The molecule has 0 unspecified atom stereocenters. The van der Waals surface area contributed by atoms with Gasteiger partial charge in [0, 0.05) is 17.8 Å². The fourth-order valence-electron chi connectivity index (χ4n) is 2.23. The smallest absolute Gasteiger partial charge is 0.250 e. The van der Waals surface area contributed by atoms with Crippen molar-refractivity contribution in [2.24, 2.45) is 5.73 Å². The van der Waals surface area contributed by atoms with E-state index in [1.54, 1.807) is 24.5 Å². The lowest BCUT2D eigenvalue weighted by Gasteiger charge is -2.06. The molecule has 0 atom stereocenters. The lowest BCUT2D eigenvalue weighted by Crippen LogP contribution is -2.11. The number of carbonyl (C=O) groups is 1. The molecule has 1 aromatic carbocycles. The predicted octanol–water partition coefficient (Wildman–Crippen LogP) is 1.91. The van der Waals surface area contributed by atoms with Crippen LogP contribution in [0, 0.1) is 0 Å². The fraction of sp³-hybridized carbons (Fsp3) is 0. The Kier molecular flexibility index (Phi) is 2.45. The number of carbonyl (C=O) groups excluding carboxylic acids is 1. The highest BCUT2D eigenvalue weighted by atomic mass is 16.1. The molecule has 3 aromatic rings. The van der Waals surface area contributed by atoms with E-state index in [0.717, 1.165) is 22.0 Å². The van der Waals surface area contributed by atoms with Crippen molar-refractivity contribution in [1.82, 2.24) is 9.97 Å². The second kappa shape index (κ2) is 4.13. The molecule has 0 aliphatic heterocycles. The van der Waals surface area contributed by atoms with Gasteiger partial charge in [-0.25, -0.2) is 4.98 Å². The number of anilines is 1. The first kappa shape index (κ1) is 11.3. The monoisotopic (exact) mass is 252 g/mol. The number of nitrogens with one attached hydrogen (secondary N) is 1. The molecule has 2 aromatic heterocycles. The molecular weight excluding hydrogens is 240 g/mol. The van der Waals surface area contributed by atoms with Crippen molar-refractivity contribution in [3.63, 3.8) is 0 Å². The standard InChI is InChI=1S/C14H12N4O/c15-12-7-8(3-5-17-12)9-1-2-11(14(16)19)13-10(9)4-6-18-13/h1-7,18H,(H2,15,17)(H2,16,19). The normalized spacial score (nSPS) is 10.7. The molecule has 0 fully saturated rings. The maximum atomic E-state index is 11.4. The van der Waals surface area contributed by atoms with Gasteiger partial charge >= 0.3 is 0 Å². The van der Waals surface area contributed by atoms with E-state index in [2.05, 4.69) is 9.97 Å². The molecule has 0 radical (unpaired) electrons. The van der Waals surface area contributed by atoms with E-state index in [-0.39, 0.29) is 0 Å². The predicted molar refractivity (Wildman–Crippen MR) is 74.5 cm³/mol. The molecule has 2 heterocycles. The van der Waals surface area contributed by atoms with Gasteiger partial charge in [-0.15, -0.1) is 0 Å². The van der Waals surface area contributed by atoms with Gasteiger partial charge in [-0.05, 0) is 35.4 Å². The Morgan fingerprint density at radius 2 is 2.05 bits per heavy atom. The number of pyridine rings is 1. The van der Waals surface area contributed by atoms with Crippen LogP contribution < -0.4 is 11.5 Å². The van der Waals surface area contributed by atoms with Gasteiger partial charge in [0.15, 0.2) is 0 Å². The number of nitrogens with two attached hydrogens (primary N) is 2. The summed E-state index contributed by atoms with van der Waals surface area (Å²) in [7, 11) is 0. The summed E-state index contributed by atoms with van der Waals surface area (Å²) in [6.45, 7) is 0. The number of nitrogens with zero attached hydrogens (tertiary/aromatic N) is 1. The third-order valence-corrected chi connectivity index (χ3v) is 3.08. The molecule has 3 rings (SSSR count). The Labute approximate surface area is 109 Å². The number of rotatable bonds is 2. The van der Waals surface area contributed by atoms with Crippen molar-refractivity contribution in [3.05, 3.63) is 48.3 Å². The minimum Gasteiger partial charge on any atom is -0.384 e. The van der Waals surface area contributed by atoms with Crippen molar-refractivity contribution in [2.75, 3.05) is 5.73 Å². The summed E-state index contributed by atoms with van der Waals surface area (Å²) in [5, 5.41) is 0.932. The number of hydrogen-bond donors (Lipinski definition) is 3. The molecule has 5 N–H and O–H groups in total. The Bertz CT molecular complexity index is 776. The maximum absolute atomic E-state index is 11.4. The number of nitrogen functional groups attached to an aromatic ring is 1. The highest BCUT2D eigenvalue weighted by molar-refractivity contribution is 6.09. The second-order valence-corrected chi connectivity index (χ2v) is 4.26. The van der Waals surface area contributed by atoms with Gasteiger partial charge < -0.3 is 16.5 Å². The summed E-state index contributed by atoms with van der Waals surface area (Å²) in [6, 6.07) is 9.17. The maximum Gasteiger partial charge on any atom is 0.250 e. The summed E-state index contributed by atoms with van der Waals surface area (Å²) in [5.74, 6) is 0.00778. The summed E-state index contributed by atoms with van der Waals surface area (Å²) in [6.07, 6.45) is 3.44. The number of aromatic nitrogens is 2. The zero-order valence-corrected chi connectivity index (χ0v) is 10.1. The lowest BCUT2D eigenvalue weighted by molar-refractivity contribution is 0.100. The van der Waals surface area contributed by atoms with E-state index in [1.807, 2.05) is 18.2 Å². The van der Waals surface area contributed by atoms with Gasteiger partial charge in [0.05, 0.1) is 11.1 Å². The number of hydrogen-bond acceptors (Lipinski definition) is 3. The largest absolute Gasteiger partial charge is 0.384 e. The third-order valence-electron chi connectivity index (χ3n) is 3.08. The van der Waals surface area contributed by atoms with E-state index in [1.165, 1.54) is 0 Å². The average molecular weight is 252 g/mol. The lowest BCUT2D eigenvalue weighted by atomic mass is 9.99. The van der Waals surface area contributed by atoms with Crippen LogP contribution in [0.4, 0.5) is 5.82 Å². The van der Waals surface area contributed by atoms with Crippen LogP contribution in [0.5, 0.6) is 0 Å². The Hall–Kier alpha value is -2.82. The van der Waals surface area contributed by atoms with E-state index in [0.29, 0.717) is 11.4 Å². The van der Waals surface area contributed by atoms with Gasteiger partial charge in [0.2, 0.25) is 0 Å².